The fraction of sp³-hybridized carbons (Fsp3) is 0.700. The second-order valence-electron chi connectivity index (χ2n) is 6.73. The Morgan fingerprint density at radius 2 is 1.15 bits per heavy atom. The zero-order valence-electron chi connectivity index (χ0n) is 16.9. The van der Waals surface area contributed by atoms with Crippen LogP contribution in [0.15, 0.2) is 24.3 Å². The molecule has 0 amide bonds. The lowest BCUT2D eigenvalue weighted by atomic mass is 10.1. The summed E-state index contributed by atoms with van der Waals surface area (Å²) in [4.78, 5) is 22.7. The van der Waals surface area contributed by atoms with Gasteiger partial charge >= 0.3 is 11.9 Å². The molecule has 0 spiro atoms. The average Bonchev–Trinajstić information content (AvgIpc) is 2.62. The van der Waals surface area contributed by atoms with Crippen molar-refractivity contribution in [3.63, 3.8) is 0 Å². The molecular formula is C20H34O7. The van der Waals surface area contributed by atoms with Gasteiger partial charge < -0.3 is 24.4 Å². The standard InChI is InChI=1S/C20H34O7/c1-7-17(9-15(21)11-25-19(23)13(3)4)27-18(8-2)10-16(22)12-26-20(24)14(5)6/h15-18,21-22H,3,5,7-12H2,1-2,4,6H3. The van der Waals surface area contributed by atoms with E-state index >= 15 is 0 Å². The van der Waals surface area contributed by atoms with Gasteiger partial charge in [-0.2, -0.15) is 0 Å². The van der Waals surface area contributed by atoms with E-state index in [0.717, 1.165) is 0 Å². The van der Waals surface area contributed by atoms with E-state index in [0.29, 0.717) is 25.7 Å². The van der Waals surface area contributed by atoms with Crippen molar-refractivity contribution in [1.82, 2.24) is 0 Å². The summed E-state index contributed by atoms with van der Waals surface area (Å²) in [6, 6.07) is 0. The van der Waals surface area contributed by atoms with E-state index in [9.17, 15) is 19.8 Å². The van der Waals surface area contributed by atoms with Gasteiger partial charge in [0, 0.05) is 24.0 Å². The molecule has 0 aromatic rings. The Morgan fingerprint density at radius 3 is 1.41 bits per heavy atom. The van der Waals surface area contributed by atoms with Crippen molar-refractivity contribution in [2.75, 3.05) is 13.2 Å². The van der Waals surface area contributed by atoms with Crippen molar-refractivity contribution in [2.24, 2.45) is 0 Å². The fourth-order valence-corrected chi connectivity index (χ4v) is 2.24. The maximum atomic E-state index is 11.4. The first-order chi connectivity index (χ1) is 12.6. The highest BCUT2D eigenvalue weighted by atomic mass is 16.5. The summed E-state index contributed by atoms with van der Waals surface area (Å²) < 4.78 is 15.8. The Balaban J connectivity index is 4.41. The first kappa shape index (κ1) is 25.3. The van der Waals surface area contributed by atoms with E-state index in [1.54, 1.807) is 0 Å². The lowest BCUT2D eigenvalue weighted by Gasteiger charge is -2.26. The number of hydrogen-bond donors (Lipinski definition) is 2. The number of hydrogen-bond acceptors (Lipinski definition) is 7. The lowest BCUT2D eigenvalue weighted by Crippen LogP contribution is -2.31. The van der Waals surface area contributed by atoms with E-state index in [4.69, 9.17) is 14.2 Å². The molecule has 0 fully saturated rings. The van der Waals surface area contributed by atoms with E-state index < -0.39 is 24.1 Å². The number of esters is 2. The summed E-state index contributed by atoms with van der Waals surface area (Å²) in [7, 11) is 0. The molecule has 0 radical (unpaired) electrons. The molecule has 0 heterocycles. The van der Waals surface area contributed by atoms with Crippen molar-refractivity contribution in [1.29, 1.82) is 0 Å². The zero-order valence-corrected chi connectivity index (χ0v) is 16.9. The van der Waals surface area contributed by atoms with Crippen molar-refractivity contribution in [3.05, 3.63) is 24.3 Å². The smallest absolute Gasteiger partial charge is 0.333 e. The monoisotopic (exact) mass is 386 g/mol. The van der Waals surface area contributed by atoms with Crippen molar-refractivity contribution >= 4 is 11.9 Å². The van der Waals surface area contributed by atoms with Crippen LogP contribution in [0.5, 0.6) is 0 Å². The third kappa shape index (κ3) is 11.6. The number of ether oxygens (including phenoxy) is 3. The van der Waals surface area contributed by atoms with Crippen LogP contribution in [0.4, 0.5) is 0 Å². The van der Waals surface area contributed by atoms with Gasteiger partial charge in [0.2, 0.25) is 0 Å². The molecule has 4 atom stereocenters. The minimum Gasteiger partial charge on any atom is -0.460 e. The first-order valence-corrected chi connectivity index (χ1v) is 9.27. The first-order valence-electron chi connectivity index (χ1n) is 9.27. The van der Waals surface area contributed by atoms with Crippen LogP contribution in [0.3, 0.4) is 0 Å². The van der Waals surface area contributed by atoms with Crippen LogP contribution in [0.2, 0.25) is 0 Å². The van der Waals surface area contributed by atoms with E-state index in [1.165, 1.54) is 13.8 Å². The summed E-state index contributed by atoms with van der Waals surface area (Å²) in [6.45, 7) is 13.6. The van der Waals surface area contributed by atoms with Crippen LogP contribution in [0, 0.1) is 0 Å². The molecule has 0 aromatic heterocycles. The minimum atomic E-state index is -0.850. The molecule has 0 bridgehead atoms. The normalized spacial score (nSPS) is 15.3. The summed E-state index contributed by atoms with van der Waals surface area (Å²) in [5.41, 5.74) is 0.552. The highest BCUT2D eigenvalue weighted by Crippen LogP contribution is 2.16. The van der Waals surface area contributed by atoms with Gasteiger partial charge in [-0.25, -0.2) is 9.59 Å². The SMILES string of the molecule is C=C(C)C(=O)OCC(O)CC(CC)OC(CC)CC(O)COC(=O)C(=C)C. The Labute approximate surface area is 162 Å². The van der Waals surface area contributed by atoms with Crippen LogP contribution in [0.25, 0.3) is 0 Å². The van der Waals surface area contributed by atoms with Gasteiger partial charge in [-0.15, -0.1) is 0 Å². The number of carbonyl (C=O) groups is 2. The maximum Gasteiger partial charge on any atom is 0.333 e. The van der Waals surface area contributed by atoms with Crippen LogP contribution in [-0.4, -0.2) is 59.8 Å². The molecule has 7 nitrogen and oxygen atoms in total. The van der Waals surface area contributed by atoms with Gasteiger partial charge in [0.05, 0.1) is 24.4 Å². The number of carbonyl (C=O) groups excluding carboxylic acids is 2. The molecule has 0 saturated heterocycles. The van der Waals surface area contributed by atoms with Gasteiger partial charge in [0.25, 0.3) is 0 Å². The predicted molar refractivity (Wildman–Crippen MR) is 102 cm³/mol. The molecule has 0 saturated carbocycles. The highest BCUT2D eigenvalue weighted by molar-refractivity contribution is 5.87. The zero-order chi connectivity index (χ0) is 21.0. The predicted octanol–water partition coefficient (Wildman–Crippen LogP) is 2.30. The van der Waals surface area contributed by atoms with Gasteiger partial charge in [0.15, 0.2) is 0 Å². The summed E-state index contributed by atoms with van der Waals surface area (Å²) in [5.74, 6) is -1.08. The van der Waals surface area contributed by atoms with Gasteiger partial charge in [-0.3, -0.25) is 0 Å². The van der Waals surface area contributed by atoms with Crippen LogP contribution in [0.1, 0.15) is 53.4 Å². The van der Waals surface area contributed by atoms with Gasteiger partial charge in [-0.1, -0.05) is 27.0 Å². The number of aliphatic hydroxyl groups is 2. The highest BCUT2D eigenvalue weighted by Gasteiger charge is 2.22. The molecule has 0 rings (SSSR count). The third-order valence-electron chi connectivity index (χ3n) is 3.88. The largest absolute Gasteiger partial charge is 0.460 e. The molecule has 0 aliphatic rings. The second kappa shape index (κ2) is 13.5. The molecule has 0 aliphatic heterocycles. The average molecular weight is 386 g/mol. The Hall–Kier alpha value is -1.70. The molecular weight excluding hydrogens is 352 g/mol. The summed E-state index contributed by atoms with van der Waals surface area (Å²) >= 11 is 0. The van der Waals surface area contributed by atoms with Gasteiger partial charge in [0.1, 0.15) is 13.2 Å². The summed E-state index contributed by atoms with van der Waals surface area (Å²) in [5, 5.41) is 20.1. The minimum absolute atomic E-state index is 0.123. The topological polar surface area (TPSA) is 102 Å². The Bertz CT molecular complexity index is 457. The van der Waals surface area contributed by atoms with Crippen LogP contribution in [-0.2, 0) is 23.8 Å². The maximum absolute atomic E-state index is 11.4. The van der Waals surface area contributed by atoms with E-state index in [1.807, 2.05) is 13.8 Å². The third-order valence-corrected chi connectivity index (χ3v) is 3.88. The molecule has 0 aromatic carbocycles. The van der Waals surface area contributed by atoms with E-state index in [-0.39, 0.29) is 36.6 Å². The van der Waals surface area contributed by atoms with Crippen LogP contribution >= 0.6 is 0 Å². The molecule has 27 heavy (non-hydrogen) atoms. The van der Waals surface area contributed by atoms with Crippen molar-refractivity contribution < 1.29 is 34.0 Å². The lowest BCUT2D eigenvalue weighted by molar-refractivity contribution is -0.143. The summed E-state index contributed by atoms with van der Waals surface area (Å²) in [6.07, 6.45) is -0.286. The second-order valence-corrected chi connectivity index (χ2v) is 6.73. The van der Waals surface area contributed by atoms with Gasteiger partial charge in [-0.05, 0) is 26.7 Å². The molecule has 2 N–H and O–H groups in total. The molecule has 156 valence electrons. The number of aliphatic hydroxyl groups excluding tert-OH is 2. The van der Waals surface area contributed by atoms with Crippen molar-refractivity contribution in [3.8, 4) is 0 Å². The number of rotatable bonds is 14. The quantitative estimate of drug-likeness (QED) is 0.349. The Morgan fingerprint density at radius 1 is 0.815 bits per heavy atom. The molecule has 4 unspecified atom stereocenters. The van der Waals surface area contributed by atoms with Crippen molar-refractivity contribution in [2.45, 2.75) is 77.8 Å². The van der Waals surface area contributed by atoms with Crippen LogP contribution < -0.4 is 0 Å². The molecule has 7 heteroatoms. The van der Waals surface area contributed by atoms with E-state index in [2.05, 4.69) is 13.2 Å². The molecule has 0 aliphatic carbocycles. The Kier molecular flexibility index (Phi) is 12.6. The fourth-order valence-electron chi connectivity index (χ4n) is 2.24.